The Labute approximate surface area is 153 Å². The molecule has 0 saturated carbocycles. The van der Waals surface area contributed by atoms with Crippen LogP contribution >= 0.6 is 27.7 Å². The summed E-state index contributed by atoms with van der Waals surface area (Å²) >= 11 is 4.81. The predicted molar refractivity (Wildman–Crippen MR) is 103 cm³/mol. The molecule has 0 aliphatic carbocycles. The first kappa shape index (κ1) is 17.0. The van der Waals surface area contributed by atoms with Crippen molar-refractivity contribution in [3.8, 4) is 0 Å². The third-order valence-electron chi connectivity index (χ3n) is 3.74. The van der Waals surface area contributed by atoms with E-state index in [1.54, 1.807) is 12.1 Å². The molecule has 2 aromatic carbocycles. The zero-order valence-corrected chi connectivity index (χ0v) is 15.8. The van der Waals surface area contributed by atoms with Crippen LogP contribution in [0, 0.1) is 6.92 Å². The normalized spacial score (nSPS) is 14.7. The number of thioether (sulfide) groups is 1. The fraction of sp³-hybridized carbons (Fsp3) is 0.158. The minimum absolute atomic E-state index is 0.250. The molecule has 1 heterocycles. The topological polar surface area (TPSA) is 37.4 Å². The molecule has 0 spiro atoms. The van der Waals surface area contributed by atoms with Gasteiger partial charge in [0, 0.05) is 4.47 Å². The fourth-order valence-corrected chi connectivity index (χ4v) is 3.85. The van der Waals surface area contributed by atoms with Crippen molar-refractivity contribution in [1.82, 2.24) is 0 Å². The van der Waals surface area contributed by atoms with E-state index in [1.807, 2.05) is 50.2 Å². The van der Waals surface area contributed by atoms with Crippen LogP contribution in [-0.2, 0) is 9.59 Å². The van der Waals surface area contributed by atoms with E-state index in [0.29, 0.717) is 16.2 Å². The van der Waals surface area contributed by atoms with Crippen molar-refractivity contribution in [2.75, 3.05) is 10.7 Å². The number of halogens is 1. The molecule has 0 N–H and O–H groups in total. The van der Waals surface area contributed by atoms with E-state index in [0.717, 1.165) is 21.4 Å². The molecule has 3 nitrogen and oxygen atoms in total. The zero-order valence-electron chi connectivity index (χ0n) is 13.4. The number of amides is 2. The summed E-state index contributed by atoms with van der Waals surface area (Å²) in [5, 5.41) is 0. The van der Waals surface area contributed by atoms with Crippen molar-refractivity contribution in [2.45, 2.75) is 13.8 Å². The minimum atomic E-state index is -0.266. The third-order valence-corrected chi connectivity index (χ3v) is 5.19. The van der Waals surface area contributed by atoms with Crippen LogP contribution in [0.3, 0.4) is 0 Å². The molecular formula is C19H16BrNO2S. The highest BCUT2D eigenvalue weighted by Gasteiger charge is 2.39. The lowest BCUT2D eigenvalue weighted by Gasteiger charge is -2.15. The highest BCUT2D eigenvalue weighted by atomic mass is 79.9. The molecule has 0 unspecified atom stereocenters. The molecule has 0 aromatic heterocycles. The van der Waals surface area contributed by atoms with Crippen molar-refractivity contribution >= 4 is 50.8 Å². The molecule has 24 heavy (non-hydrogen) atoms. The van der Waals surface area contributed by atoms with Crippen LogP contribution in [-0.4, -0.2) is 17.6 Å². The molecule has 0 atom stereocenters. The molecule has 1 aliphatic heterocycles. The van der Waals surface area contributed by atoms with Crippen LogP contribution in [0.1, 0.15) is 18.1 Å². The maximum absolute atomic E-state index is 13.0. The van der Waals surface area contributed by atoms with Crippen molar-refractivity contribution in [1.29, 1.82) is 0 Å². The lowest BCUT2D eigenvalue weighted by atomic mass is 10.0. The second-order valence-electron chi connectivity index (χ2n) is 5.43. The van der Waals surface area contributed by atoms with Crippen molar-refractivity contribution < 1.29 is 9.59 Å². The lowest BCUT2D eigenvalue weighted by molar-refractivity contribution is -0.119. The van der Waals surface area contributed by atoms with Gasteiger partial charge in [0.1, 0.15) is 0 Å². The van der Waals surface area contributed by atoms with Crippen LogP contribution in [0.5, 0.6) is 0 Å². The minimum Gasteiger partial charge on any atom is -0.268 e. The van der Waals surface area contributed by atoms with Gasteiger partial charge in [0.2, 0.25) is 0 Å². The van der Waals surface area contributed by atoms with E-state index in [4.69, 9.17) is 0 Å². The molecular weight excluding hydrogens is 386 g/mol. The third kappa shape index (κ3) is 3.06. The lowest BCUT2D eigenvalue weighted by Crippen LogP contribution is -2.31. The Morgan fingerprint density at radius 3 is 2.38 bits per heavy atom. The quantitative estimate of drug-likeness (QED) is 0.690. The summed E-state index contributed by atoms with van der Waals surface area (Å²) in [5.41, 5.74) is 2.97. The SMILES string of the molecule is CCSC1=C(c2ccc(C)cc2)C(=O)N(c2cccc(Br)c2)C1=O. The first-order valence-electron chi connectivity index (χ1n) is 7.61. The van der Waals surface area contributed by atoms with Gasteiger partial charge in [-0.05, 0) is 36.4 Å². The van der Waals surface area contributed by atoms with Gasteiger partial charge in [-0.3, -0.25) is 9.59 Å². The second kappa shape index (κ2) is 6.95. The van der Waals surface area contributed by atoms with Crippen LogP contribution in [0.15, 0.2) is 57.9 Å². The number of imide groups is 1. The monoisotopic (exact) mass is 401 g/mol. The summed E-state index contributed by atoms with van der Waals surface area (Å²) in [7, 11) is 0. The van der Waals surface area contributed by atoms with Crippen LogP contribution in [0.25, 0.3) is 5.57 Å². The van der Waals surface area contributed by atoms with Gasteiger partial charge in [-0.25, -0.2) is 4.90 Å². The number of nitrogens with zero attached hydrogens (tertiary/aromatic N) is 1. The average molecular weight is 402 g/mol. The van der Waals surface area contributed by atoms with E-state index >= 15 is 0 Å². The van der Waals surface area contributed by atoms with Gasteiger partial charge in [0.15, 0.2) is 0 Å². The number of carbonyl (C=O) groups excluding carboxylic acids is 2. The van der Waals surface area contributed by atoms with Crippen molar-refractivity contribution in [3.63, 3.8) is 0 Å². The highest BCUT2D eigenvalue weighted by molar-refractivity contribution is 9.10. The zero-order chi connectivity index (χ0) is 17.3. The number of hydrogen-bond donors (Lipinski definition) is 0. The molecule has 0 saturated heterocycles. The van der Waals surface area contributed by atoms with Gasteiger partial charge in [0.25, 0.3) is 11.8 Å². The van der Waals surface area contributed by atoms with Gasteiger partial charge < -0.3 is 0 Å². The first-order valence-corrected chi connectivity index (χ1v) is 9.39. The number of hydrogen-bond acceptors (Lipinski definition) is 3. The second-order valence-corrected chi connectivity index (χ2v) is 7.62. The standard InChI is InChI=1S/C19H16BrNO2S/c1-3-24-17-16(13-9-7-12(2)8-10-13)18(22)21(19(17)23)15-6-4-5-14(20)11-15/h4-11H,3H2,1-2H3. The van der Waals surface area contributed by atoms with E-state index in [-0.39, 0.29) is 11.8 Å². The Bertz CT molecular complexity index is 843. The van der Waals surface area contributed by atoms with Gasteiger partial charge in [-0.15, -0.1) is 11.8 Å². The number of aryl methyl sites for hydroxylation is 1. The number of rotatable bonds is 4. The van der Waals surface area contributed by atoms with E-state index < -0.39 is 0 Å². The molecule has 2 aromatic rings. The Hall–Kier alpha value is -1.85. The first-order chi connectivity index (χ1) is 11.5. The largest absolute Gasteiger partial charge is 0.272 e. The molecule has 0 fully saturated rings. The summed E-state index contributed by atoms with van der Waals surface area (Å²) in [5.74, 6) is 0.217. The summed E-state index contributed by atoms with van der Waals surface area (Å²) < 4.78 is 0.828. The number of carbonyl (C=O) groups is 2. The van der Waals surface area contributed by atoms with E-state index in [1.165, 1.54) is 16.7 Å². The number of benzene rings is 2. The predicted octanol–water partition coefficient (Wildman–Crippen LogP) is 4.80. The summed E-state index contributed by atoms with van der Waals surface area (Å²) in [4.78, 5) is 27.7. The highest BCUT2D eigenvalue weighted by Crippen LogP contribution is 2.38. The Morgan fingerprint density at radius 2 is 1.75 bits per heavy atom. The molecule has 1 aliphatic rings. The van der Waals surface area contributed by atoms with Crippen molar-refractivity contribution in [2.24, 2.45) is 0 Å². The summed E-state index contributed by atoms with van der Waals surface area (Å²) in [6.45, 7) is 3.97. The van der Waals surface area contributed by atoms with Gasteiger partial charge in [-0.1, -0.05) is 58.7 Å². The molecule has 0 radical (unpaired) electrons. The molecule has 2 amide bonds. The molecule has 3 rings (SSSR count). The Kier molecular flexibility index (Phi) is 4.92. The van der Waals surface area contributed by atoms with Crippen LogP contribution in [0.4, 0.5) is 5.69 Å². The average Bonchev–Trinajstić information content (AvgIpc) is 2.80. The van der Waals surface area contributed by atoms with E-state index in [9.17, 15) is 9.59 Å². The van der Waals surface area contributed by atoms with Crippen LogP contribution < -0.4 is 4.90 Å². The van der Waals surface area contributed by atoms with E-state index in [2.05, 4.69) is 15.9 Å². The summed E-state index contributed by atoms with van der Waals surface area (Å²) in [6, 6.07) is 14.9. The summed E-state index contributed by atoms with van der Waals surface area (Å²) in [6.07, 6.45) is 0. The Balaban J connectivity index is 2.09. The molecule has 0 bridgehead atoms. The smallest absolute Gasteiger partial charge is 0.268 e. The fourth-order valence-electron chi connectivity index (χ4n) is 2.61. The van der Waals surface area contributed by atoms with Gasteiger partial charge in [0.05, 0.1) is 16.2 Å². The van der Waals surface area contributed by atoms with Crippen LogP contribution in [0.2, 0.25) is 0 Å². The van der Waals surface area contributed by atoms with Gasteiger partial charge >= 0.3 is 0 Å². The molecule has 5 heteroatoms. The Morgan fingerprint density at radius 1 is 1.04 bits per heavy atom. The van der Waals surface area contributed by atoms with Gasteiger partial charge in [-0.2, -0.15) is 0 Å². The van der Waals surface area contributed by atoms with Crippen molar-refractivity contribution in [3.05, 3.63) is 69.0 Å². The maximum Gasteiger partial charge on any atom is 0.272 e. The molecule has 122 valence electrons. The maximum atomic E-state index is 13.0. The number of anilines is 1.